The highest BCUT2D eigenvalue weighted by Gasteiger charge is 2.08. The van der Waals surface area contributed by atoms with Gasteiger partial charge in [-0.2, -0.15) is 0 Å². The van der Waals surface area contributed by atoms with Gasteiger partial charge in [0.05, 0.1) is 12.5 Å². The van der Waals surface area contributed by atoms with Gasteiger partial charge in [0.25, 0.3) is 0 Å². The normalized spacial score (nSPS) is 12.5. The van der Waals surface area contributed by atoms with Gasteiger partial charge < -0.3 is 19.1 Å². The summed E-state index contributed by atoms with van der Waals surface area (Å²) in [6.45, 7) is 12.5. The number of carbonyl (C=O) groups excluding carboxylic acids is 2. The van der Waals surface area contributed by atoms with E-state index in [4.69, 9.17) is 14.2 Å². The van der Waals surface area contributed by atoms with Crippen LogP contribution in [0.2, 0.25) is 0 Å². The first-order valence-corrected chi connectivity index (χ1v) is 11.4. The van der Waals surface area contributed by atoms with Crippen molar-refractivity contribution in [3.05, 3.63) is 0 Å². The number of hydrogen-bond acceptors (Lipinski definition) is 6. The van der Waals surface area contributed by atoms with Crippen LogP contribution in [0.15, 0.2) is 0 Å². The molecule has 0 spiro atoms. The quantitative estimate of drug-likeness (QED) is 0.220. The minimum atomic E-state index is -0.185. The Morgan fingerprint density at radius 1 is 0.862 bits per heavy atom. The third kappa shape index (κ3) is 18.8. The lowest BCUT2D eigenvalue weighted by molar-refractivity contribution is -0.148. The molecule has 0 saturated carbocycles. The number of ether oxygens (including phenoxy) is 3. The van der Waals surface area contributed by atoms with Crippen LogP contribution in [0.3, 0.4) is 0 Å². The molecule has 0 bridgehead atoms. The Labute approximate surface area is 178 Å². The summed E-state index contributed by atoms with van der Waals surface area (Å²) < 4.78 is 16.1. The summed E-state index contributed by atoms with van der Waals surface area (Å²) in [5, 5.41) is 0. The molecule has 0 amide bonds. The van der Waals surface area contributed by atoms with Crippen LogP contribution in [0.5, 0.6) is 0 Å². The predicted molar refractivity (Wildman–Crippen MR) is 117 cm³/mol. The molecule has 0 aliphatic carbocycles. The van der Waals surface area contributed by atoms with Crippen molar-refractivity contribution in [1.29, 1.82) is 0 Å². The average molecular weight is 416 g/mol. The van der Waals surface area contributed by atoms with Gasteiger partial charge in [-0.3, -0.25) is 9.59 Å². The second-order valence-electron chi connectivity index (χ2n) is 8.27. The molecule has 0 aromatic carbocycles. The Kier molecular flexibility index (Phi) is 18.4. The molecule has 1 unspecified atom stereocenters. The van der Waals surface area contributed by atoms with Crippen molar-refractivity contribution in [3.63, 3.8) is 0 Å². The Balaban J connectivity index is 3.43. The van der Waals surface area contributed by atoms with Gasteiger partial charge in [-0.05, 0) is 58.2 Å². The fraction of sp³-hybridized carbons (Fsp3) is 0.913. The maximum Gasteiger partial charge on any atom is 0.308 e. The van der Waals surface area contributed by atoms with E-state index in [1.165, 1.54) is 6.42 Å². The van der Waals surface area contributed by atoms with Gasteiger partial charge in [-0.1, -0.05) is 34.1 Å². The SMILES string of the molecule is CCN(C)CCCCCOCC(=O)CCCC(C)CCOCCOC(=O)C(C)C. The zero-order chi connectivity index (χ0) is 21.9. The number of ketones is 1. The number of nitrogens with zero attached hydrogens (tertiary/aromatic N) is 1. The van der Waals surface area contributed by atoms with Crippen LogP contribution >= 0.6 is 0 Å². The Hall–Kier alpha value is -0.980. The number of rotatable bonds is 20. The summed E-state index contributed by atoms with van der Waals surface area (Å²) in [6.07, 6.45) is 6.83. The van der Waals surface area contributed by atoms with Crippen LogP contribution in [0.4, 0.5) is 0 Å². The minimum absolute atomic E-state index is 0.0963. The fourth-order valence-electron chi connectivity index (χ4n) is 2.73. The van der Waals surface area contributed by atoms with Crippen LogP contribution in [0.25, 0.3) is 0 Å². The summed E-state index contributed by atoms with van der Waals surface area (Å²) in [5.74, 6) is 0.436. The van der Waals surface area contributed by atoms with E-state index in [-0.39, 0.29) is 24.3 Å². The van der Waals surface area contributed by atoms with Gasteiger partial charge in [0.15, 0.2) is 5.78 Å². The lowest BCUT2D eigenvalue weighted by Gasteiger charge is -2.13. The van der Waals surface area contributed by atoms with Crippen LogP contribution in [-0.4, -0.2) is 69.8 Å². The number of unbranched alkanes of at least 4 members (excludes halogenated alkanes) is 2. The molecule has 1 atom stereocenters. The van der Waals surface area contributed by atoms with Crippen molar-refractivity contribution >= 4 is 11.8 Å². The van der Waals surface area contributed by atoms with Crippen molar-refractivity contribution in [3.8, 4) is 0 Å². The maximum atomic E-state index is 11.9. The molecule has 0 aliphatic rings. The molecule has 29 heavy (non-hydrogen) atoms. The standard InChI is InChI=1S/C23H45NO5/c1-6-24(5)14-8-7-9-15-28-19-22(25)12-10-11-21(4)13-16-27-17-18-29-23(26)20(2)3/h20-21H,6-19H2,1-5H3. The first kappa shape index (κ1) is 28.0. The number of carbonyl (C=O) groups is 2. The van der Waals surface area contributed by atoms with Crippen LogP contribution in [-0.2, 0) is 23.8 Å². The second-order valence-corrected chi connectivity index (χ2v) is 8.27. The molecule has 0 radical (unpaired) electrons. The highest BCUT2D eigenvalue weighted by molar-refractivity contribution is 5.79. The predicted octanol–water partition coefficient (Wildman–Crippen LogP) is 4.11. The maximum absolute atomic E-state index is 11.9. The third-order valence-corrected chi connectivity index (χ3v) is 4.98. The molecular formula is C23H45NO5. The summed E-state index contributed by atoms with van der Waals surface area (Å²) in [4.78, 5) is 25.5. The molecule has 0 N–H and O–H groups in total. The van der Waals surface area contributed by atoms with Crippen molar-refractivity contribution in [2.24, 2.45) is 11.8 Å². The number of Topliss-reactive ketones (excluding diaryl/α,β-unsaturated/α-hetero) is 1. The Bertz CT molecular complexity index is 414. The van der Waals surface area contributed by atoms with E-state index in [2.05, 4.69) is 25.8 Å². The third-order valence-electron chi connectivity index (χ3n) is 4.98. The van der Waals surface area contributed by atoms with Crippen molar-refractivity contribution in [2.75, 3.05) is 53.2 Å². The van der Waals surface area contributed by atoms with E-state index < -0.39 is 0 Å². The van der Waals surface area contributed by atoms with Crippen LogP contribution in [0.1, 0.15) is 72.6 Å². The molecule has 0 aliphatic heterocycles. The van der Waals surface area contributed by atoms with E-state index in [1.54, 1.807) is 0 Å². The highest BCUT2D eigenvalue weighted by atomic mass is 16.6. The first-order valence-electron chi connectivity index (χ1n) is 11.4. The van der Waals surface area contributed by atoms with Gasteiger partial charge >= 0.3 is 5.97 Å². The summed E-state index contributed by atoms with van der Waals surface area (Å²) in [6, 6.07) is 0. The van der Waals surface area contributed by atoms with Gasteiger partial charge in [-0.25, -0.2) is 0 Å². The van der Waals surface area contributed by atoms with Gasteiger partial charge in [-0.15, -0.1) is 0 Å². The van der Waals surface area contributed by atoms with Crippen molar-refractivity contribution in [2.45, 2.75) is 72.6 Å². The molecule has 0 heterocycles. The highest BCUT2D eigenvalue weighted by Crippen LogP contribution is 2.12. The molecule has 172 valence electrons. The molecule has 0 rings (SSSR count). The molecule has 0 aromatic rings. The molecule has 0 fully saturated rings. The average Bonchev–Trinajstić information content (AvgIpc) is 2.69. The summed E-state index contributed by atoms with van der Waals surface area (Å²) in [7, 11) is 2.14. The van der Waals surface area contributed by atoms with Crippen molar-refractivity contribution < 1.29 is 23.8 Å². The lowest BCUT2D eigenvalue weighted by Crippen LogP contribution is -2.18. The van der Waals surface area contributed by atoms with Gasteiger partial charge in [0, 0.05) is 19.6 Å². The van der Waals surface area contributed by atoms with Crippen molar-refractivity contribution in [1.82, 2.24) is 4.90 Å². The minimum Gasteiger partial charge on any atom is -0.463 e. The first-order chi connectivity index (χ1) is 13.9. The van der Waals surface area contributed by atoms with Gasteiger partial charge in [0.2, 0.25) is 0 Å². The molecule has 0 aromatic heterocycles. The van der Waals surface area contributed by atoms with E-state index in [0.717, 1.165) is 45.2 Å². The topological polar surface area (TPSA) is 65.1 Å². The van der Waals surface area contributed by atoms with E-state index in [9.17, 15) is 9.59 Å². The summed E-state index contributed by atoms with van der Waals surface area (Å²) in [5.41, 5.74) is 0. The van der Waals surface area contributed by atoms with E-state index in [0.29, 0.717) is 38.8 Å². The fourth-order valence-corrected chi connectivity index (χ4v) is 2.73. The number of esters is 1. The number of hydrogen-bond donors (Lipinski definition) is 0. The Morgan fingerprint density at radius 2 is 1.62 bits per heavy atom. The molecular weight excluding hydrogens is 370 g/mol. The van der Waals surface area contributed by atoms with Gasteiger partial charge in [0.1, 0.15) is 13.2 Å². The summed E-state index contributed by atoms with van der Waals surface area (Å²) >= 11 is 0. The zero-order valence-corrected chi connectivity index (χ0v) is 19.5. The van der Waals surface area contributed by atoms with E-state index in [1.807, 2.05) is 13.8 Å². The van der Waals surface area contributed by atoms with Crippen LogP contribution in [0, 0.1) is 11.8 Å². The smallest absolute Gasteiger partial charge is 0.308 e. The molecule has 6 nitrogen and oxygen atoms in total. The monoisotopic (exact) mass is 415 g/mol. The zero-order valence-electron chi connectivity index (χ0n) is 19.5. The molecule has 6 heteroatoms. The largest absolute Gasteiger partial charge is 0.463 e. The van der Waals surface area contributed by atoms with Crippen LogP contribution < -0.4 is 0 Å². The van der Waals surface area contributed by atoms with E-state index >= 15 is 0 Å². The molecule has 0 saturated heterocycles. The lowest BCUT2D eigenvalue weighted by atomic mass is 10.0. The second kappa shape index (κ2) is 19.0. The Morgan fingerprint density at radius 3 is 2.31 bits per heavy atom.